The highest BCUT2D eigenvalue weighted by atomic mass is 16.3. The minimum Gasteiger partial charge on any atom is -0.469 e. The number of amides is 1. The molecule has 0 bridgehead atoms. The molecule has 0 spiro atoms. The van der Waals surface area contributed by atoms with Crippen molar-refractivity contribution in [2.24, 2.45) is 5.10 Å². The number of benzene rings is 1. The lowest BCUT2D eigenvalue weighted by atomic mass is 9.85. The van der Waals surface area contributed by atoms with E-state index in [4.69, 9.17) is 4.42 Å². The van der Waals surface area contributed by atoms with Crippen molar-refractivity contribution in [1.82, 2.24) is 4.90 Å². The summed E-state index contributed by atoms with van der Waals surface area (Å²) in [6.07, 6.45) is 5.65. The molecule has 25 heavy (non-hydrogen) atoms. The fourth-order valence-electron chi connectivity index (χ4n) is 3.97. The molecular weight excluding hydrogens is 314 g/mol. The van der Waals surface area contributed by atoms with E-state index in [-0.39, 0.29) is 5.91 Å². The number of anilines is 1. The highest BCUT2D eigenvalue weighted by molar-refractivity contribution is 6.22. The Morgan fingerprint density at radius 1 is 1.08 bits per heavy atom. The predicted molar refractivity (Wildman–Crippen MR) is 97.6 cm³/mol. The number of hydrogen-bond acceptors (Lipinski definition) is 4. The standard InChI is InChI=1S/C20H23N3O2/c1-16-20(15-18-11-8-14-25-18,22-12-6-3-7-13-22)19(24)23(21-16)17-9-4-2-5-10-17/h2,4-5,8-11,14H,3,6-7,12-13,15H2,1H3. The van der Waals surface area contributed by atoms with Crippen LogP contribution in [0, 0.1) is 0 Å². The number of hydrogen-bond donors (Lipinski definition) is 0. The zero-order chi connectivity index (χ0) is 17.3. The molecule has 1 aromatic carbocycles. The third-order valence-corrected chi connectivity index (χ3v) is 5.30. The summed E-state index contributed by atoms with van der Waals surface area (Å²) in [6, 6.07) is 13.5. The van der Waals surface area contributed by atoms with Crippen LogP contribution >= 0.6 is 0 Å². The molecule has 0 saturated carbocycles. The minimum atomic E-state index is -0.742. The maximum atomic E-state index is 13.6. The van der Waals surface area contributed by atoms with E-state index >= 15 is 0 Å². The molecule has 130 valence electrons. The molecule has 1 atom stereocenters. The van der Waals surface area contributed by atoms with Crippen LogP contribution in [0.3, 0.4) is 0 Å². The number of likely N-dealkylation sites (tertiary alicyclic amines) is 1. The van der Waals surface area contributed by atoms with Crippen molar-refractivity contribution in [3.8, 4) is 0 Å². The highest BCUT2D eigenvalue weighted by Crippen LogP contribution is 2.35. The highest BCUT2D eigenvalue weighted by Gasteiger charge is 2.54. The maximum absolute atomic E-state index is 13.6. The summed E-state index contributed by atoms with van der Waals surface area (Å²) >= 11 is 0. The Morgan fingerprint density at radius 2 is 1.84 bits per heavy atom. The van der Waals surface area contributed by atoms with E-state index in [1.54, 1.807) is 11.3 Å². The largest absolute Gasteiger partial charge is 0.469 e. The van der Waals surface area contributed by atoms with Crippen molar-refractivity contribution in [3.05, 3.63) is 54.5 Å². The summed E-state index contributed by atoms with van der Waals surface area (Å²) in [5, 5.41) is 6.23. The van der Waals surface area contributed by atoms with Gasteiger partial charge >= 0.3 is 0 Å². The molecule has 4 rings (SSSR count). The molecule has 1 fully saturated rings. The van der Waals surface area contributed by atoms with Gasteiger partial charge in [0.2, 0.25) is 0 Å². The zero-order valence-corrected chi connectivity index (χ0v) is 14.5. The summed E-state index contributed by atoms with van der Waals surface area (Å²) in [5.74, 6) is 0.845. The van der Waals surface area contributed by atoms with Crippen molar-refractivity contribution in [1.29, 1.82) is 0 Å². The topological polar surface area (TPSA) is 49.1 Å². The van der Waals surface area contributed by atoms with Crippen molar-refractivity contribution in [2.75, 3.05) is 18.1 Å². The second-order valence-electron chi connectivity index (χ2n) is 6.80. The molecule has 5 nitrogen and oxygen atoms in total. The van der Waals surface area contributed by atoms with Gasteiger partial charge in [-0.05, 0) is 57.1 Å². The van der Waals surface area contributed by atoms with Gasteiger partial charge in [-0.15, -0.1) is 0 Å². The summed E-state index contributed by atoms with van der Waals surface area (Å²) in [4.78, 5) is 15.9. The number of nitrogens with zero attached hydrogens (tertiary/aromatic N) is 3. The summed E-state index contributed by atoms with van der Waals surface area (Å²) in [6.45, 7) is 3.81. The average molecular weight is 337 g/mol. The van der Waals surface area contributed by atoms with Crippen LogP contribution in [0.4, 0.5) is 5.69 Å². The summed E-state index contributed by atoms with van der Waals surface area (Å²) in [5.41, 5.74) is 0.915. The molecule has 0 radical (unpaired) electrons. The smallest absolute Gasteiger partial charge is 0.274 e. The van der Waals surface area contributed by atoms with Gasteiger partial charge < -0.3 is 4.42 Å². The summed E-state index contributed by atoms with van der Waals surface area (Å²) < 4.78 is 5.60. The molecule has 0 N–H and O–H groups in total. The van der Waals surface area contributed by atoms with Crippen LogP contribution in [0.15, 0.2) is 58.2 Å². The number of carbonyl (C=O) groups excluding carboxylic acids is 1. The van der Waals surface area contributed by atoms with E-state index in [0.717, 1.165) is 43.1 Å². The van der Waals surface area contributed by atoms with Crippen LogP contribution in [0.2, 0.25) is 0 Å². The second kappa shape index (κ2) is 6.48. The lowest BCUT2D eigenvalue weighted by Crippen LogP contribution is -2.61. The molecule has 1 aromatic heterocycles. The van der Waals surface area contributed by atoms with E-state index in [0.29, 0.717) is 6.42 Å². The van der Waals surface area contributed by atoms with Crippen molar-refractivity contribution < 1.29 is 9.21 Å². The van der Waals surface area contributed by atoms with Gasteiger partial charge in [0.25, 0.3) is 5.91 Å². The van der Waals surface area contributed by atoms with Crippen LogP contribution in [0.25, 0.3) is 0 Å². The van der Waals surface area contributed by atoms with Gasteiger partial charge in [0.1, 0.15) is 11.3 Å². The quantitative estimate of drug-likeness (QED) is 0.858. The maximum Gasteiger partial charge on any atom is 0.274 e. The molecule has 1 unspecified atom stereocenters. The van der Waals surface area contributed by atoms with Gasteiger partial charge in [-0.1, -0.05) is 24.6 Å². The molecule has 1 saturated heterocycles. The number of hydrazone groups is 1. The van der Waals surface area contributed by atoms with Gasteiger partial charge in [0, 0.05) is 6.42 Å². The fraction of sp³-hybridized carbons (Fsp3) is 0.400. The number of furan rings is 1. The fourth-order valence-corrected chi connectivity index (χ4v) is 3.97. The summed E-state index contributed by atoms with van der Waals surface area (Å²) in [7, 11) is 0. The van der Waals surface area contributed by atoms with Crippen molar-refractivity contribution in [3.63, 3.8) is 0 Å². The molecule has 5 heteroatoms. The van der Waals surface area contributed by atoms with Crippen LogP contribution in [0.5, 0.6) is 0 Å². The van der Waals surface area contributed by atoms with Gasteiger partial charge in [-0.2, -0.15) is 10.1 Å². The Labute approximate surface area is 147 Å². The Morgan fingerprint density at radius 3 is 2.52 bits per heavy atom. The third kappa shape index (κ3) is 2.68. The molecular formula is C20H23N3O2. The molecule has 2 aliphatic rings. The Bertz CT molecular complexity index is 764. The predicted octanol–water partition coefficient (Wildman–Crippen LogP) is 3.47. The first-order valence-electron chi connectivity index (χ1n) is 8.94. The van der Waals surface area contributed by atoms with Crippen molar-refractivity contribution >= 4 is 17.3 Å². The first kappa shape index (κ1) is 16.1. The molecule has 0 aliphatic carbocycles. The van der Waals surface area contributed by atoms with Crippen LogP contribution < -0.4 is 5.01 Å². The number of para-hydroxylation sites is 1. The Hall–Kier alpha value is -2.40. The van der Waals surface area contributed by atoms with Gasteiger partial charge in [0.05, 0.1) is 17.7 Å². The lowest BCUT2D eigenvalue weighted by Gasteiger charge is -2.41. The zero-order valence-electron chi connectivity index (χ0n) is 14.5. The van der Waals surface area contributed by atoms with Gasteiger partial charge in [-0.3, -0.25) is 9.69 Å². The van der Waals surface area contributed by atoms with E-state index in [2.05, 4.69) is 10.0 Å². The van der Waals surface area contributed by atoms with E-state index in [1.165, 1.54) is 6.42 Å². The third-order valence-electron chi connectivity index (χ3n) is 5.30. The van der Waals surface area contributed by atoms with Crippen LogP contribution in [-0.4, -0.2) is 35.1 Å². The Balaban J connectivity index is 1.75. The van der Waals surface area contributed by atoms with Gasteiger partial charge in [0.15, 0.2) is 0 Å². The normalized spacial score (nSPS) is 24.6. The monoisotopic (exact) mass is 337 g/mol. The molecule has 3 heterocycles. The number of carbonyl (C=O) groups is 1. The number of rotatable bonds is 4. The van der Waals surface area contributed by atoms with Crippen LogP contribution in [-0.2, 0) is 11.2 Å². The second-order valence-corrected chi connectivity index (χ2v) is 6.80. The Kier molecular flexibility index (Phi) is 4.17. The first-order valence-corrected chi connectivity index (χ1v) is 8.94. The van der Waals surface area contributed by atoms with Gasteiger partial charge in [-0.25, -0.2) is 0 Å². The SMILES string of the molecule is CC1=NN(c2ccccc2)C(=O)C1(Cc1ccco1)N1CCCCC1. The van der Waals surface area contributed by atoms with Crippen LogP contribution in [0.1, 0.15) is 31.9 Å². The van der Waals surface area contributed by atoms with Crippen molar-refractivity contribution in [2.45, 2.75) is 38.1 Å². The van der Waals surface area contributed by atoms with E-state index in [9.17, 15) is 4.79 Å². The molecule has 1 amide bonds. The minimum absolute atomic E-state index is 0.0227. The molecule has 2 aliphatic heterocycles. The van der Waals surface area contributed by atoms with E-state index in [1.807, 2.05) is 49.4 Å². The molecule has 2 aromatic rings. The average Bonchev–Trinajstić information content (AvgIpc) is 3.26. The van der Waals surface area contributed by atoms with E-state index < -0.39 is 5.54 Å². The lowest BCUT2D eigenvalue weighted by molar-refractivity contribution is -0.126. The first-order chi connectivity index (χ1) is 12.2. The number of piperidine rings is 1.